The number of halogens is 1. The molecule has 0 aliphatic carbocycles. The van der Waals surface area contributed by atoms with Crippen LogP contribution in [0.15, 0.2) is 63.6 Å². The number of rotatable bonds is 6. The molecule has 1 heterocycles. The van der Waals surface area contributed by atoms with E-state index in [0.29, 0.717) is 37.3 Å². The Kier molecular flexibility index (Phi) is 6.69. The maximum Gasteiger partial charge on any atom is 0.240 e. The van der Waals surface area contributed by atoms with Crippen LogP contribution in [0.3, 0.4) is 0 Å². The minimum Gasteiger partial charge on any atom is -0.268 e. The van der Waals surface area contributed by atoms with Crippen molar-refractivity contribution in [3.63, 3.8) is 0 Å². The number of benzene rings is 2. The van der Waals surface area contributed by atoms with Crippen molar-refractivity contribution in [1.82, 2.24) is 9.79 Å². The molecule has 2 aromatic carbocycles. The Morgan fingerprint density at radius 1 is 1.25 bits per heavy atom. The van der Waals surface area contributed by atoms with Crippen molar-refractivity contribution in [3.8, 4) is 0 Å². The van der Waals surface area contributed by atoms with E-state index >= 15 is 0 Å². The molecule has 1 unspecified atom stereocenters. The maximum atomic E-state index is 12.4. The zero-order valence-corrected chi connectivity index (χ0v) is 17.8. The molecule has 0 saturated carbocycles. The second kappa shape index (κ2) is 9.03. The summed E-state index contributed by atoms with van der Waals surface area (Å²) in [6, 6.07) is 14.8. The molecule has 1 saturated heterocycles. The van der Waals surface area contributed by atoms with Gasteiger partial charge in [0.15, 0.2) is 0 Å². The lowest BCUT2D eigenvalue weighted by Crippen LogP contribution is -2.32. The number of nitrogens with zero attached hydrogens (tertiary/aromatic N) is 1. The topological polar surface area (TPSA) is 75.7 Å². The van der Waals surface area contributed by atoms with E-state index in [9.17, 15) is 13.2 Å². The molecule has 1 N–H and O–H groups in total. The molecule has 0 bridgehead atoms. The number of carbonyl (C=O) groups excluding carboxylic acids is 1. The largest absolute Gasteiger partial charge is 0.268 e. The first-order valence-electron chi connectivity index (χ1n) is 8.86. The van der Waals surface area contributed by atoms with Gasteiger partial charge < -0.3 is 0 Å². The highest BCUT2D eigenvalue weighted by molar-refractivity contribution is 9.10. The highest BCUT2D eigenvalue weighted by Gasteiger charge is 2.30. The fourth-order valence-corrected chi connectivity index (χ4v) is 4.65. The number of hydroxylamine groups is 2. The number of hydrogen-bond acceptors (Lipinski definition) is 5. The monoisotopic (exact) mass is 464 g/mol. The molecule has 6 nitrogen and oxygen atoms in total. The Morgan fingerprint density at radius 2 is 2.00 bits per heavy atom. The van der Waals surface area contributed by atoms with Gasteiger partial charge in [0.2, 0.25) is 10.0 Å². The molecule has 0 aromatic heterocycles. The third kappa shape index (κ3) is 4.71. The van der Waals surface area contributed by atoms with Gasteiger partial charge in [0.25, 0.3) is 0 Å². The summed E-state index contributed by atoms with van der Waals surface area (Å²) in [4.78, 5) is 17.6. The molecule has 8 heteroatoms. The molecular weight excluding hydrogens is 444 g/mol. The molecule has 1 aliphatic heterocycles. The second-order valence-corrected chi connectivity index (χ2v) is 9.26. The number of nitrogens with one attached hydrogen (secondary N) is 1. The molecule has 2 aromatic rings. The standard InChI is InChI=1S/C20H21BrN2O4S/c1-22-28(25,26)20-8-7-17(21)12-19(20)16-9-10-23(18(11-16)13-24)27-14-15-5-3-2-4-6-15/h2-8,12,16,22H,9-11,14H2,1H3. The van der Waals surface area contributed by atoms with Crippen molar-refractivity contribution in [2.24, 2.45) is 0 Å². The van der Waals surface area contributed by atoms with Crippen LogP contribution in [-0.4, -0.2) is 33.0 Å². The van der Waals surface area contributed by atoms with Crippen LogP contribution in [0.4, 0.5) is 0 Å². The summed E-state index contributed by atoms with van der Waals surface area (Å²) in [7, 11) is -2.22. The molecule has 0 amide bonds. The van der Waals surface area contributed by atoms with Crippen LogP contribution in [0.5, 0.6) is 0 Å². The Bertz CT molecular complexity index is 989. The Morgan fingerprint density at radius 3 is 2.68 bits per heavy atom. The Hall–Kier alpha value is -1.96. The highest BCUT2D eigenvalue weighted by Crippen LogP contribution is 2.37. The summed E-state index contributed by atoms with van der Waals surface area (Å²) in [5.74, 6) is 1.85. The van der Waals surface area contributed by atoms with Crippen LogP contribution in [0.1, 0.15) is 29.9 Å². The molecule has 3 rings (SSSR count). The zero-order valence-electron chi connectivity index (χ0n) is 15.4. The zero-order chi connectivity index (χ0) is 20.1. The quantitative estimate of drug-likeness (QED) is 0.663. The Labute approximate surface area is 173 Å². The van der Waals surface area contributed by atoms with Crippen LogP contribution in [0, 0.1) is 0 Å². The molecule has 28 heavy (non-hydrogen) atoms. The van der Waals surface area contributed by atoms with Crippen LogP contribution < -0.4 is 4.72 Å². The average Bonchev–Trinajstić information content (AvgIpc) is 2.72. The van der Waals surface area contributed by atoms with Gasteiger partial charge in [-0.25, -0.2) is 23.0 Å². The number of piperidine rings is 1. The first kappa shape index (κ1) is 20.8. The first-order chi connectivity index (χ1) is 13.4. The molecule has 148 valence electrons. The lowest BCUT2D eigenvalue weighted by atomic mass is 9.88. The molecule has 0 spiro atoms. The minimum atomic E-state index is -3.60. The van der Waals surface area contributed by atoms with Gasteiger partial charge in [0.05, 0.1) is 11.5 Å². The van der Waals surface area contributed by atoms with Gasteiger partial charge in [-0.1, -0.05) is 46.3 Å². The lowest BCUT2D eigenvalue weighted by Gasteiger charge is -2.33. The Balaban J connectivity index is 1.79. The van der Waals surface area contributed by atoms with E-state index in [0.717, 1.165) is 10.0 Å². The van der Waals surface area contributed by atoms with Crippen molar-refractivity contribution < 1.29 is 18.0 Å². The van der Waals surface area contributed by atoms with Crippen LogP contribution in [0.2, 0.25) is 0 Å². The minimum absolute atomic E-state index is 0.122. The first-order valence-corrected chi connectivity index (χ1v) is 11.1. The molecule has 1 atom stereocenters. The van der Waals surface area contributed by atoms with E-state index in [4.69, 9.17) is 4.84 Å². The van der Waals surface area contributed by atoms with Crippen LogP contribution >= 0.6 is 15.9 Å². The van der Waals surface area contributed by atoms with E-state index in [1.165, 1.54) is 7.05 Å². The van der Waals surface area contributed by atoms with Gasteiger partial charge >= 0.3 is 0 Å². The number of allylic oxidation sites excluding steroid dienone is 1. The van der Waals surface area contributed by atoms with Gasteiger partial charge in [0.1, 0.15) is 11.6 Å². The van der Waals surface area contributed by atoms with Gasteiger partial charge in [-0.15, -0.1) is 0 Å². The van der Waals surface area contributed by atoms with Gasteiger partial charge in [-0.05, 0) is 48.7 Å². The summed E-state index contributed by atoms with van der Waals surface area (Å²) in [6.45, 7) is 0.834. The molecule has 1 fully saturated rings. The van der Waals surface area contributed by atoms with Crippen molar-refractivity contribution >= 4 is 31.9 Å². The van der Waals surface area contributed by atoms with E-state index in [1.54, 1.807) is 23.3 Å². The summed E-state index contributed by atoms with van der Waals surface area (Å²) < 4.78 is 28.0. The summed E-state index contributed by atoms with van der Waals surface area (Å²) in [6.07, 6.45) is 1.02. The lowest BCUT2D eigenvalue weighted by molar-refractivity contribution is -0.152. The van der Waals surface area contributed by atoms with Gasteiger partial charge in [-0.3, -0.25) is 4.84 Å². The average molecular weight is 465 g/mol. The molecular formula is C20H21BrN2O4S. The molecule has 0 radical (unpaired) electrons. The summed E-state index contributed by atoms with van der Waals surface area (Å²) in [5.41, 5.74) is 2.07. The summed E-state index contributed by atoms with van der Waals surface area (Å²) in [5, 5.41) is 1.57. The van der Waals surface area contributed by atoms with Crippen molar-refractivity contribution in [2.75, 3.05) is 13.6 Å². The predicted molar refractivity (Wildman–Crippen MR) is 110 cm³/mol. The molecule has 1 aliphatic rings. The maximum absolute atomic E-state index is 12.4. The van der Waals surface area contributed by atoms with Crippen LogP contribution in [-0.2, 0) is 26.3 Å². The van der Waals surface area contributed by atoms with Crippen molar-refractivity contribution in [2.45, 2.75) is 30.3 Å². The number of hydrogen-bond donors (Lipinski definition) is 1. The predicted octanol–water partition coefficient (Wildman–Crippen LogP) is 3.38. The highest BCUT2D eigenvalue weighted by atomic mass is 79.9. The van der Waals surface area contributed by atoms with Crippen molar-refractivity contribution in [3.05, 3.63) is 69.8 Å². The normalized spacial score (nSPS) is 17.4. The van der Waals surface area contributed by atoms with E-state index in [2.05, 4.69) is 20.7 Å². The fraction of sp³-hybridized carbons (Fsp3) is 0.300. The van der Waals surface area contributed by atoms with E-state index < -0.39 is 10.0 Å². The van der Waals surface area contributed by atoms with Crippen LogP contribution in [0.25, 0.3) is 0 Å². The van der Waals surface area contributed by atoms with E-state index in [1.807, 2.05) is 36.3 Å². The number of sulfonamides is 1. The SMILES string of the molecule is CNS(=O)(=O)c1ccc(Br)cc1C1CCN(OCc2ccccc2)C(=C=O)C1. The third-order valence-electron chi connectivity index (χ3n) is 4.74. The van der Waals surface area contributed by atoms with Crippen molar-refractivity contribution in [1.29, 1.82) is 0 Å². The van der Waals surface area contributed by atoms with Gasteiger partial charge in [0, 0.05) is 17.4 Å². The fourth-order valence-electron chi connectivity index (χ4n) is 3.27. The van der Waals surface area contributed by atoms with Gasteiger partial charge in [-0.2, -0.15) is 0 Å². The smallest absolute Gasteiger partial charge is 0.240 e. The second-order valence-electron chi connectivity index (χ2n) is 6.49. The van der Waals surface area contributed by atoms with E-state index in [-0.39, 0.29) is 10.8 Å². The third-order valence-corrected chi connectivity index (χ3v) is 6.72. The summed E-state index contributed by atoms with van der Waals surface area (Å²) >= 11 is 3.41.